The molecule has 1 atom stereocenters. The van der Waals surface area contributed by atoms with Crippen molar-refractivity contribution in [2.75, 3.05) is 0 Å². The summed E-state index contributed by atoms with van der Waals surface area (Å²) in [4.78, 5) is 0. The number of rotatable bonds is 4. The van der Waals surface area contributed by atoms with Crippen LogP contribution in [-0.2, 0) is 0 Å². The summed E-state index contributed by atoms with van der Waals surface area (Å²) < 4.78 is 18.8. The number of hydrogen-bond donors (Lipinski definition) is 1. The van der Waals surface area contributed by atoms with Crippen LogP contribution in [0.2, 0.25) is 0 Å². The molecule has 0 fully saturated rings. The predicted molar refractivity (Wildman–Crippen MR) is 74.9 cm³/mol. The van der Waals surface area contributed by atoms with Gasteiger partial charge < -0.3 is 10.5 Å². The van der Waals surface area contributed by atoms with Gasteiger partial charge in [0.2, 0.25) is 0 Å². The minimum atomic E-state index is -0.301. The maximum atomic E-state index is 13.2. The van der Waals surface area contributed by atoms with E-state index in [1.165, 1.54) is 12.1 Å². The van der Waals surface area contributed by atoms with Gasteiger partial charge in [0, 0.05) is 12.1 Å². The van der Waals surface area contributed by atoms with Crippen molar-refractivity contribution < 1.29 is 9.13 Å². The van der Waals surface area contributed by atoms with Crippen molar-refractivity contribution in [3.8, 4) is 11.5 Å². The van der Waals surface area contributed by atoms with Crippen LogP contribution < -0.4 is 10.5 Å². The van der Waals surface area contributed by atoms with E-state index in [2.05, 4.69) is 0 Å². The summed E-state index contributed by atoms with van der Waals surface area (Å²) in [5.41, 5.74) is 7.92. The van der Waals surface area contributed by atoms with E-state index in [-0.39, 0.29) is 11.9 Å². The van der Waals surface area contributed by atoms with E-state index in [0.29, 0.717) is 11.5 Å². The van der Waals surface area contributed by atoms with Crippen LogP contribution in [0.4, 0.5) is 4.39 Å². The molecule has 2 aromatic rings. The van der Waals surface area contributed by atoms with Crippen LogP contribution in [0.1, 0.15) is 30.5 Å². The van der Waals surface area contributed by atoms with Gasteiger partial charge in [-0.3, -0.25) is 0 Å². The third kappa shape index (κ3) is 3.32. The zero-order valence-corrected chi connectivity index (χ0v) is 11.2. The fourth-order valence-electron chi connectivity index (χ4n) is 1.83. The molecule has 0 saturated heterocycles. The first-order valence-corrected chi connectivity index (χ1v) is 6.39. The third-order valence-corrected chi connectivity index (χ3v) is 3.13. The highest BCUT2D eigenvalue weighted by Gasteiger charge is 2.05. The number of halogens is 1. The van der Waals surface area contributed by atoms with E-state index >= 15 is 0 Å². The summed E-state index contributed by atoms with van der Waals surface area (Å²) in [5, 5.41) is 0. The Labute approximate surface area is 113 Å². The molecule has 100 valence electrons. The van der Waals surface area contributed by atoms with Crippen LogP contribution >= 0.6 is 0 Å². The first kappa shape index (κ1) is 13.6. The van der Waals surface area contributed by atoms with E-state index in [0.717, 1.165) is 17.5 Å². The van der Waals surface area contributed by atoms with Crippen molar-refractivity contribution in [2.45, 2.75) is 26.3 Å². The van der Waals surface area contributed by atoms with Crippen LogP contribution in [-0.4, -0.2) is 0 Å². The Hall–Kier alpha value is -1.87. The van der Waals surface area contributed by atoms with E-state index in [4.69, 9.17) is 10.5 Å². The Kier molecular flexibility index (Phi) is 4.17. The predicted octanol–water partition coefficient (Wildman–Crippen LogP) is 4.34. The summed E-state index contributed by atoms with van der Waals surface area (Å²) in [6.45, 7) is 3.93. The molecule has 0 aliphatic heterocycles. The van der Waals surface area contributed by atoms with Crippen molar-refractivity contribution in [1.82, 2.24) is 0 Å². The number of hydrogen-bond acceptors (Lipinski definition) is 2. The fourth-order valence-corrected chi connectivity index (χ4v) is 1.83. The van der Waals surface area contributed by atoms with Gasteiger partial charge in [0.1, 0.15) is 17.3 Å². The van der Waals surface area contributed by atoms with Gasteiger partial charge in [-0.15, -0.1) is 0 Å². The summed E-state index contributed by atoms with van der Waals surface area (Å²) in [5.74, 6) is 0.915. The van der Waals surface area contributed by atoms with Crippen LogP contribution in [0.3, 0.4) is 0 Å². The molecule has 2 aromatic carbocycles. The number of aryl methyl sites for hydroxylation is 1. The molecule has 0 bridgehead atoms. The van der Waals surface area contributed by atoms with Gasteiger partial charge in [0.15, 0.2) is 0 Å². The topological polar surface area (TPSA) is 35.2 Å². The monoisotopic (exact) mass is 259 g/mol. The SMILES string of the molecule is CCC(N)c1ccc(Oc2cc(F)ccc2C)cc1. The molecule has 2 rings (SSSR count). The smallest absolute Gasteiger partial charge is 0.133 e. The van der Waals surface area contributed by atoms with Gasteiger partial charge in [-0.2, -0.15) is 0 Å². The lowest BCUT2D eigenvalue weighted by Crippen LogP contribution is -2.08. The molecule has 0 spiro atoms. The first-order valence-electron chi connectivity index (χ1n) is 6.39. The highest BCUT2D eigenvalue weighted by atomic mass is 19.1. The minimum Gasteiger partial charge on any atom is -0.457 e. The van der Waals surface area contributed by atoms with E-state index < -0.39 is 0 Å². The van der Waals surface area contributed by atoms with Crippen molar-refractivity contribution in [1.29, 1.82) is 0 Å². The van der Waals surface area contributed by atoms with Gasteiger partial charge >= 0.3 is 0 Å². The molecule has 0 radical (unpaired) electrons. The van der Waals surface area contributed by atoms with Crippen molar-refractivity contribution >= 4 is 0 Å². The first-order chi connectivity index (χ1) is 9.10. The van der Waals surface area contributed by atoms with Gasteiger partial charge in [0.25, 0.3) is 0 Å². The second-order valence-electron chi connectivity index (χ2n) is 4.60. The molecule has 0 amide bonds. The summed E-state index contributed by atoms with van der Waals surface area (Å²) in [7, 11) is 0. The van der Waals surface area contributed by atoms with Gasteiger partial charge in [0.05, 0.1) is 0 Å². The number of benzene rings is 2. The standard InChI is InChI=1S/C16H18FNO/c1-3-15(18)12-5-8-14(9-6-12)19-16-10-13(17)7-4-11(16)2/h4-10,15H,3,18H2,1-2H3. The normalized spacial score (nSPS) is 12.2. The van der Waals surface area contributed by atoms with Crippen LogP contribution in [0.5, 0.6) is 11.5 Å². The largest absolute Gasteiger partial charge is 0.457 e. The Bertz CT molecular complexity index is 551. The quantitative estimate of drug-likeness (QED) is 0.886. The lowest BCUT2D eigenvalue weighted by molar-refractivity contribution is 0.472. The molecule has 0 aliphatic rings. The lowest BCUT2D eigenvalue weighted by atomic mass is 10.1. The number of ether oxygens (including phenoxy) is 1. The average molecular weight is 259 g/mol. The van der Waals surface area contributed by atoms with Crippen molar-refractivity contribution in [2.24, 2.45) is 5.73 Å². The molecule has 0 saturated carbocycles. The van der Waals surface area contributed by atoms with Crippen LogP contribution in [0, 0.1) is 12.7 Å². The lowest BCUT2D eigenvalue weighted by Gasteiger charge is -2.12. The zero-order chi connectivity index (χ0) is 13.8. The summed E-state index contributed by atoms with van der Waals surface area (Å²) in [6, 6.07) is 12.2. The van der Waals surface area contributed by atoms with Crippen molar-refractivity contribution in [3.05, 3.63) is 59.4 Å². The fraction of sp³-hybridized carbons (Fsp3) is 0.250. The third-order valence-electron chi connectivity index (χ3n) is 3.13. The second-order valence-corrected chi connectivity index (χ2v) is 4.60. The minimum absolute atomic E-state index is 0.0463. The maximum absolute atomic E-state index is 13.2. The van der Waals surface area contributed by atoms with Gasteiger partial charge in [-0.25, -0.2) is 4.39 Å². The highest BCUT2D eigenvalue weighted by Crippen LogP contribution is 2.27. The molecular weight excluding hydrogens is 241 g/mol. The van der Waals surface area contributed by atoms with E-state index in [1.54, 1.807) is 6.07 Å². The average Bonchev–Trinajstić information content (AvgIpc) is 2.43. The van der Waals surface area contributed by atoms with Gasteiger partial charge in [-0.05, 0) is 42.7 Å². The molecule has 19 heavy (non-hydrogen) atoms. The maximum Gasteiger partial charge on any atom is 0.133 e. The Balaban J connectivity index is 2.17. The Morgan fingerprint density at radius 1 is 1.16 bits per heavy atom. The van der Waals surface area contributed by atoms with Gasteiger partial charge in [-0.1, -0.05) is 25.1 Å². The van der Waals surface area contributed by atoms with Crippen molar-refractivity contribution in [3.63, 3.8) is 0 Å². The van der Waals surface area contributed by atoms with Crippen LogP contribution in [0.25, 0.3) is 0 Å². The van der Waals surface area contributed by atoms with Crippen LogP contribution in [0.15, 0.2) is 42.5 Å². The summed E-state index contributed by atoms with van der Waals surface area (Å²) in [6.07, 6.45) is 0.892. The molecule has 2 nitrogen and oxygen atoms in total. The Morgan fingerprint density at radius 2 is 1.84 bits per heavy atom. The second kappa shape index (κ2) is 5.85. The molecule has 0 heterocycles. The number of nitrogens with two attached hydrogens (primary N) is 1. The summed E-state index contributed by atoms with van der Waals surface area (Å²) >= 11 is 0. The molecule has 3 heteroatoms. The molecule has 0 aliphatic carbocycles. The molecule has 1 unspecified atom stereocenters. The van der Waals surface area contributed by atoms with E-state index in [1.807, 2.05) is 38.1 Å². The zero-order valence-electron chi connectivity index (χ0n) is 11.2. The molecule has 2 N–H and O–H groups in total. The van der Waals surface area contributed by atoms with E-state index in [9.17, 15) is 4.39 Å². The highest BCUT2D eigenvalue weighted by molar-refractivity contribution is 5.38. The molecular formula is C16H18FNO. The Morgan fingerprint density at radius 3 is 2.47 bits per heavy atom. The molecule has 0 aromatic heterocycles.